The van der Waals surface area contributed by atoms with Crippen LogP contribution in [0.25, 0.3) is 0 Å². The van der Waals surface area contributed by atoms with Crippen LogP contribution < -0.4 is 4.74 Å². The molecule has 1 fully saturated rings. The van der Waals surface area contributed by atoms with Gasteiger partial charge in [-0.2, -0.15) is 0 Å². The Balaban J connectivity index is 2.11. The fourth-order valence-corrected chi connectivity index (χ4v) is 4.01. The second-order valence-electron chi connectivity index (χ2n) is 5.40. The molecular weight excluding hydrogens is 334 g/mol. The summed E-state index contributed by atoms with van der Waals surface area (Å²) in [5.74, 6) is -0.0786. The highest BCUT2D eigenvalue weighted by atomic mass is 32.2. The molecule has 1 heterocycles. The normalized spacial score (nSPS) is 16.6. The van der Waals surface area contributed by atoms with Crippen molar-refractivity contribution in [1.29, 1.82) is 0 Å². The highest BCUT2D eigenvalue weighted by Gasteiger charge is 2.33. The van der Waals surface area contributed by atoms with Crippen molar-refractivity contribution >= 4 is 15.5 Å². The van der Waals surface area contributed by atoms with E-state index >= 15 is 0 Å². The van der Waals surface area contributed by atoms with E-state index < -0.39 is 20.4 Å². The zero-order valence-corrected chi connectivity index (χ0v) is 13.7. The minimum Gasteiger partial charge on any atom is -0.484 e. The Bertz CT molecular complexity index is 889. The van der Waals surface area contributed by atoms with Crippen molar-refractivity contribution in [2.45, 2.75) is 22.8 Å². The molecule has 0 amide bonds. The molecule has 7 nitrogen and oxygen atoms in total. The molecule has 8 heteroatoms. The van der Waals surface area contributed by atoms with Crippen molar-refractivity contribution in [3.05, 3.63) is 58.1 Å². The van der Waals surface area contributed by atoms with E-state index in [9.17, 15) is 18.5 Å². The van der Waals surface area contributed by atoms with Gasteiger partial charge in [0.2, 0.25) is 9.84 Å². The summed E-state index contributed by atoms with van der Waals surface area (Å²) in [6.45, 7) is 2.33. The standard InChI is InChI=1S/C16H15NO6S/c1-11-5-2-3-7-14(11)24(20,21)15-8-4-6-13(16(15)17(18)19)23-10-12-9-22-12/h2-8,12H,9-10H2,1H3. The number of nitro groups is 1. The van der Waals surface area contributed by atoms with Gasteiger partial charge < -0.3 is 9.47 Å². The number of para-hydroxylation sites is 1. The lowest BCUT2D eigenvalue weighted by molar-refractivity contribution is -0.388. The topological polar surface area (TPSA) is 99.0 Å². The lowest BCUT2D eigenvalue weighted by Crippen LogP contribution is -2.10. The zero-order valence-electron chi connectivity index (χ0n) is 12.8. The second kappa shape index (κ2) is 6.21. The molecule has 1 aliphatic rings. The molecule has 1 aliphatic heterocycles. The number of aryl methyl sites for hydroxylation is 1. The van der Waals surface area contributed by atoms with Crippen LogP contribution >= 0.6 is 0 Å². The van der Waals surface area contributed by atoms with Gasteiger partial charge in [-0.3, -0.25) is 10.1 Å². The second-order valence-corrected chi connectivity index (χ2v) is 7.28. The molecule has 0 aliphatic carbocycles. The van der Waals surface area contributed by atoms with Gasteiger partial charge in [-0.1, -0.05) is 24.3 Å². The van der Waals surface area contributed by atoms with Crippen LogP contribution in [-0.4, -0.2) is 32.7 Å². The Morgan fingerprint density at radius 3 is 2.50 bits per heavy atom. The van der Waals surface area contributed by atoms with Crippen molar-refractivity contribution in [3.63, 3.8) is 0 Å². The van der Waals surface area contributed by atoms with Crippen LogP contribution in [-0.2, 0) is 14.6 Å². The third-order valence-electron chi connectivity index (χ3n) is 3.64. The van der Waals surface area contributed by atoms with Crippen LogP contribution in [0, 0.1) is 17.0 Å². The minimum absolute atomic E-state index is 0.0378. The van der Waals surface area contributed by atoms with Crippen molar-refractivity contribution in [2.24, 2.45) is 0 Å². The maximum atomic E-state index is 12.9. The van der Waals surface area contributed by atoms with Gasteiger partial charge in [-0.25, -0.2) is 8.42 Å². The van der Waals surface area contributed by atoms with E-state index in [1.165, 1.54) is 24.3 Å². The molecule has 3 rings (SSSR count). The zero-order chi connectivity index (χ0) is 17.3. The van der Waals surface area contributed by atoms with E-state index in [1.54, 1.807) is 25.1 Å². The van der Waals surface area contributed by atoms with Gasteiger partial charge in [0, 0.05) is 0 Å². The Kier molecular flexibility index (Phi) is 4.25. The van der Waals surface area contributed by atoms with E-state index in [-0.39, 0.29) is 28.3 Å². The number of epoxide rings is 1. The SMILES string of the molecule is Cc1ccccc1S(=O)(=O)c1cccc(OCC2CO2)c1[N+](=O)[O-]. The lowest BCUT2D eigenvalue weighted by atomic mass is 10.2. The highest BCUT2D eigenvalue weighted by molar-refractivity contribution is 7.91. The van der Waals surface area contributed by atoms with Crippen molar-refractivity contribution < 1.29 is 22.8 Å². The van der Waals surface area contributed by atoms with E-state index in [2.05, 4.69) is 0 Å². The van der Waals surface area contributed by atoms with Gasteiger partial charge in [0.15, 0.2) is 10.6 Å². The van der Waals surface area contributed by atoms with Gasteiger partial charge in [0.1, 0.15) is 12.7 Å². The van der Waals surface area contributed by atoms with E-state index in [1.807, 2.05) is 0 Å². The fourth-order valence-electron chi connectivity index (χ4n) is 2.34. The average Bonchev–Trinajstić information content (AvgIpc) is 3.37. The van der Waals surface area contributed by atoms with Crippen LogP contribution in [0.2, 0.25) is 0 Å². The summed E-state index contributed by atoms with van der Waals surface area (Å²) in [5, 5.41) is 11.5. The number of hydrogen-bond acceptors (Lipinski definition) is 6. The van der Waals surface area contributed by atoms with Crippen molar-refractivity contribution in [1.82, 2.24) is 0 Å². The number of sulfone groups is 1. The van der Waals surface area contributed by atoms with Gasteiger partial charge in [-0.15, -0.1) is 0 Å². The maximum Gasteiger partial charge on any atom is 0.329 e. The molecule has 1 unspecified atom stereocenters. The summed E-state index contributed by atoms with van der Waals surface area (Å²) < 4.78 is 36.2. The van der Waals surface area contributed by atoms with E-state index in [0.717, 1.165) is 0 Å². The van der Waals surface area contributed by atoms with Crippen LogP contribution in [0.5, 0.6) is 5.75 Å². The molecular formula is C16H15NO6S. The van der Waals surface area contributed by atoms with E-state index in [0.29, 0.717) is 12.2 Å². The summed E-state index contributed by atoms with van der Waals surface area (Å²) in [7, 11) is -4.04. The quantitative estimate of drug-likeness (QED) is 0.451. The first-order valence-corrected chi connectivity index (χ1v) is 8.72. The monoisotopic (exact) mass is 349 g/mol. The Morgan fingerprint density at radius 2 is 1.88 bits per heavy atom. The van der Waals surface area contributed by atoms with Crippen LogP contribution in [0.15, 0.2) is 52.3 Å². The Hall–Kier alpha value is -2.45. The first-order valence-electron chi connectivity index (χ1n) is 7.24. The van der Waals surface area contributed by atoms with E-state index in [4.69, 9.17) is 9.47 Å². The fraction of sp³-hybridized carbons (Fsp3) is 0.250. The van der Waals surface area contributed by atoms with Crippen molar-refractivity contribution in [3.8, 4) is 5.75 Å². The number of rotatable bonds is 6. The summed E-state index contributed by atoms with van der Waals surface area (Å²) in [4.78, 5) is 10.4. The maximum absolute atomic E-state index is 12.9. The first kappa shape index (κ1) is 16.4. The lowest BCUT2D eigenvalue weighted by Gasteiger charge is -2.11. The number of nitro benzene ring substituents is 1. The Morgan fingerprint density at radius 1 is 1.21 bits per heavy atom. The Labute approximate surface area is 138 Å². The van der Waals surface area contributed by atoms with Gasteiger partial charge in [0.05, 0.1) is 16.4 Å². The molecule has 2 aromatic carbocycles. The first-order chi connectivity index (χ1) is 11.4. The highest BCUT2D eigenvalue weighted by Crippen LogP contribution is 2.37. The molecule has 126 valence electrons. The largest absolute Gasteiger partial charge is 0.484 e. The molecule has 1 saturated heterocycles. The summed E-state index contributed by atoms with van der Waals surface area (Å²) in [6.07, 6.45) is -0.0961. The molecule has 1 atom stereocenters. The molecule has 0 aromatic heterocycles. The van der Waals surface area contributed by atoms with Crippen molar-refractivity contribution in [2.75, 3.05) is 13.2 Å². The van der Waals surface area contributed by atoms with Gasteiger partial charge in [0.25, 0.3) is 0 Å². The third kappa shape index (κ3) is 3.10. The predicted molar refractivity (Wildman–Crippen MR) is 85.0 cm³/mol. The van der Waals surface area contributed by atoms with Crippen LogP contribution in [0.4, 0.5) is 5.69 Å². The number of hydrogen-bond donors (Lipinski definition) is 0. The summed E-state index contributed by atoms with van der Waals surface area (Å²) in [5.41, 5.74) is -0.0362. The predicted octanol–water partition coefficient (Wildman–Crippen LogP) is 2.51. The number of nitrogens with zero attached hydrogens (tertiary/aromatic N) is 1. The number of benzene rings is 2. The molecule has 0 N–H and O–H groups in total. The van der Waals surface area contributed by atoms with Gasteiger partial charge in [-0.05, 0) is 30.7 Å². The third-order valence-corrected chi connectivity index (χ3v) is 5.59. The van der Waals surface area contributed by atoms with Gasteiger partial charge >= 0.3 is 5.69 Å². The average molecular weight is 349 g/mol. The minimum atomic E-state index is -4.04. The van der Waals surface area contributed by atoms with Crippen LogP contribution in [0.1, 0.15) is 5.56 Å². The molecule has 0 saturated carbocycles. The summed E-state index contributed by atoms with van der Waals surface area (Å²) >= 11 is 0. The molecule has 24 heavy (non-hydrogen) atoms. The molecule has 0 radical (unpaired) electrons. The summed E-state index contributed by atoms with van der Waals surface area (Å²) in [6, 6.07) is 10.4. The molecule has 2 aromatic rings. The smallest absolute Gasteiger partial charge is 0.329 e. The molecule has 0 spiro atoms. The van der Waals surface area contributed by atoms with Crippen LogP contribution in [0.3, 0.4) is 0 Å². The number of ether oxygens (including phenoxy) is 2. The molecule has 0 bridgehead atoms.